The number of aromatic nitrogens is 2. The summed E-state index contributed by atoms with van der Waals surface area (Å²) < 4.78 is 6.94. The van der Waals surface area contributed by atoms with E-state index in [0.29, 0.717) is 23.7 Å². The molecular weight excluding hydrogens is 380 g/mol. The van der Waals surface area contributed by atoms with Crippen LogP contribution in [0.3, 0.4) is 0 Å². The number of carbonyl (C=O) groups excluding carboxylic acids is 1. The van der Waals surface area contributed by atoms with E-state index in [9.17, 15) is 14.9 Å². The molecule has 1 atom stereocenters. The first-order chi connectivity index (χ1) is 11.3. The lowest BCUT2D eigenvalue weighted by Gasteiger charge is -2.12. The molecule has 0 aliphatic rings. The van der Waals surface area contributed by atoms with Crippen LogP contribution in [0, 0.1) is 17.0 Å². The van der Waals surface area contributed by atoms with Crippen molar-refractivity contribution in [2.75, 3.05) is 11.9 Å². The molecular formula is C15H17BrN4O4. The summed E-state index contributed by atoms with van der Waals surface area (Å²) in [6.07, 6.45) is 0. The first-order valence-electron chi connectivity index (χ1n) is 7.27. The van der Waals surface area contributed by atoms with Crippen LogP contribution in [0.15, 0.2) is 28.7 Å². The highest BCUT2D eigenvalue weighted by molar-refractivity contribution is 9.10. The molecule has 0 fully saturated rings. The lowest BCUT2D eigenvalue weighted by Crippen LogP contribution is -2.25. The van der Waals surface area contributed by atoms with Crippen molar-refractivity contribution in [1.29, 1.82) is 0 Å². The molecule has 0 spiro atoms. The van der Waals surface area contributed by atoms with Gasteiger partial charge in [0, 0.05) is 5.69 Å². The van der Waals surface area contributed by atoms with Gasteiger partial charge >= 0.3 is 5.82 Å². The van der Waals surface area contributed by atoms with Crippen LogP contribution >= 0.6 is 15.9 Å². The second kappa shape index (κ2) is 7.43. The Morgan fingerprint density at radius 2 is 2.08 bits per heavy atom. The number of amides is 1. The number of hydrogen-bond acceptors (Lipinski definition) is 5. The Morgan fingerprint density at radius 3 is 2.58 bits per heavy atom. The minimum Gasteiger partial charge on any atom is -0.494 e. The fraction of sp³-hybridized carbons (Fsp3) is 0.333. The minimum absolute atomic E-state index is 0.271. The van der Waals surface area contributed by atoms with E-state index >= 15 is 0 Å². The molecule has 0 bridgehead atoms. The number of nitrogens with zero attached hydrogens (tertiary/aromatic N) is 3. The smallest absolute Gasteiger partial charge is 0.404 e. The number of ether oxygens (including phenoxy) is 1. The average Bonchev–Trinajstić information content (AvgIpc) is 2.85. The van der Waals surface area contributed by atoms with Crippen LogP contribution in [0.4, 0.5) is 11.5 Å². The summed E-state index contributed by atoms with van der Waals surface area (Å²) in [4.78, 5) is 22.7. The Kier molecular flexibility index (Phi) is 5.55. The molecule has 1 unspecified atom stereocenters. The molecule has 128 valence electrons. The van der Waals surface area contributed by atoms with Gasteiger partial charge in [-0.25, -0.2) is 0 Å². The summed E-state index contributed by atoms with van der Waals surface area (Å²) in [6.45, 7) is 5.74. The number of hydrogen-bond donors (Lipinski definition) is 1. The van der Waals surface area contributed by atoms with Crippen LogP contribution < -0.4 is 10.1 Å². The van der Waals surface area contributed by atoms with E-state index in [-0.39, 0.29) is 16.2 Å². The fourth-order valence-electron chi connectivity index (χ4n) is 2.14. The number of carbonyl (C=O) groups is 1. The second-order valence-electron chi connectivity index (χ2n) is 5.05. The summed E-state index contributed by atoms with van der Waals surface area (Å²) in [5, 5.41) is 17.6. The Morgan fingerprint density at radius 1 is 1.46 bits per heavy atom. The summed E-state index contributed by atoms with van der Waals surface area (Å²) in [5.41, 5.74) is 1.12. The SMILES string of the molecule is CCOc1ccc(NC(=O)C(C)n2nc([N+](=O)[O-])c(Br)c2C)cc1. The number of anilines is 1. The molecule has 1 heterocycles. The average molecular weight is 397 g/mol. The summed E-state index contributed by atoms with van der Waals surface area (Å²) in [5.74, 6) is 0.0754. The van der Waals surface area contributed by atoms with Gasteiger partial charge in [-0.15, -0.1) is 0 Å². The van der Waals surface area contributed by atoms with Crippen LogP contribution in [0.2, 0.25) is 0 Å². The highest BCUT2D eigenvalue weighted by Gasteiger charge is 2.29. The zero-order chi connectivity index (χ0) is 17.9. The third kappa shape index (κ3) is 3.73. The lowest BCUT2D eigenvalue weighted by molar-refractivity contribution is -0.390. The Labute approximate surface area is 147 Å². The largest absolute Gasteiger partial charge is 0.494 e. The Hall–Kier alpha value is -2.42. The molecule has 1 amide bonds. The van der Waals surface area contributed by atoms with Crippen LogP contribution in [0.25, 0.3) is 0 Å². The van der Waals surface area contributed by atoms with Gasteiger partial charge in [-0.1, -0.05) is 0 Å². The second-order valence-corrected chi connectivity index (χ2v) is 5.84. The summed E-state index contributed by atoms with van der Waals surface area (Å²) in [7, 11) is 0. The third-order valence-electron chi connectivity index (χ3n) is 3.41. The topological polar surface area (TPSA) is 99.3 Å². The van der Waals surface area contributed by atoms with Crippen LogP contribution in [0.1, 0.15) is 25.6 Å². The van der Waals surface area contributed by atoms with Gasteiger partial charge in [-0.05, 0) is 65.9 Å². The molecule has 0 radical (unpaired) electrons. The molecule has 24 heavy (non-hydrogen) atoms. The molecule has 1 N–H and O–H groups in total. The zero-order valence-electron chi connectivity index (χ0n) is 13.4. The molecule has 2 aromatic rings. The van der Waals surface area contributed by atoms with Crippen LogP contribution in [0.5, 0.6) is 5.75 Å². The van der Waals surface area contributed by atoms with Crippen molar-refractivity contribution in [3.8, 4) is 5.75 Å². The van der Waals surface area contributed by atoms with Crippen molar-refractivity contribution >= 4 is 33.3 Å². The molecule has 1 aromatic heterocycles. The van der Waals surface area contributed by atoms with Gasteiger partial charge in [-0.3, -0.25) is 4.79 Å². The van der Waals surface area contributed by atoms with E-state index in [2.05, 4.69) is 26.3 Å². The fourth-order valence-corrected chi connectivity index (χ4v) is 2.54. The number of benzene rings is 1. The molecule has 0 saturated heterocycles. The quantitative estimate of drug-likeness (QED) is 0.595. The number of nitro groups is 1. The third-order valence-corrected chi connectivity index (χ3v) is 4.34. The molecule has 0 saturated carbocycles. The minimum atomic E-state index is -0.707. The first-order valence-corrected chi connectivity index (χ1v) is 8.07. The van der Waals surface area contributed by atoms with Gasteiger partial charge in [0.15, 0.2) is 0 Å². The van der Waals surface area contributed by atoms with Gasteiger partial charge < -0.3 is 20.2 Å². The van der Waals surface area contributed by atoms with E-state index in [0.717, 1.165) is 0 Å². The van der Waals surface area contributed by atoms with Gasteiger partial charge in [0.1, 0.15) is 16.3 Å². The van der Waals surface area contributed by atoms with Crippen molar-refractivity contribution < 1.29 is 14.5 Å². The Bertz CT molecular complexity index is 758. The number of nitrogens with one attached hydrogen (secondary N) is 1. The van der Waals surface area contributed by atoms with Gasteiger partial charge in [0.05, 0.1) is 17.4 Å². The molecule has 9 heteroatoms. The van der Waals surface area contributed by atoms with E-state index in [1.54, 1.807) is 38.1 Å². The van der Waals surface area contributed by atoms with E-state index < -0.39 is 11.0 Å². The van der Waals surface area contributed by atoms with Gasteiger partial charge in [0.25, 0.3) is 5.91 Å². The van der Waals surface area contributed by atoms with Gasteiger partial charge in [-0.2, -0.15) is 4.68 Å². The van der Waals surface area contributed by atoms with Crippen molar-refractivity contribution in [1.82, 2.24) is 9.78 Å². The maximum atomic E-state index is 12.4. The van der Waals surface area contributed by atoms with Crippen molar-refractivity contribution in [3.05, 3.63) is 44.5 Å². The zero-order valence-corrected chi connectivity index (χ0v) is 15.0. The van der Waals surface area contributed by atoms with E-state index in [1.807, 2.05) is 6.92 Å². The Balaban J connectivity index is 2.15. The molecule has 0 aliphatic carbocycles. The predicted molar refractivity (Wildman–Crippen MR) is 92.3 cm³/mol. The van der Waals surface area contributed by atoms with E-state index in [1.165, 1.54) is 4.68 Å². The highest BCUT2D eigenvalue weighted by Crippen LogP contribution is 2.29. The van der Waals surface area contributed by atoms with E-state index in [4.69, 9.17) is 4.74 Å². The molecule has 8 nitrogen and oxygen atoms in total. The summed E-state index contributed by atoms with van der Waals surface area (Å²) >= 11 is 3.14. The predicted octanol–water partition coefficient (Wildman–Crippen LogP) is 3.46. The normalized spacial score (nSPS) is 11.8. The highest BCUT2D eigenvalue weighted by atomic mass is 79.9. The standard InChI is InChI=1S/C15H17BrN4O4/c1-4-24-12-7-5-11(6-8-12)17-15(21)10(3)19-9(2)13(16)14(18-19)20(22)23/h5-8,10H,4H2,1-3H3,(H,17,21). The van der Waals surface area contributed by atoms with Crippen molar-refractivity contribution in [2.24, 2.45) is 0 Å². The number of rotatable bonds is 6. The molecule has 0 aliphatic heterocycles. The number of halogens is 1. The monoisotopic (exact) mass is 396 g/mol. The maximum Gasteiger partial charge on any atom is 0.404 e. The molecule has 1 aromatic carbocycles. The van der Waals surface area contributed by atoms with Crippen molar-refractivity contribution in [3.63, 3.8) is 0 Å². The molecule has 2 rings (SSSR count). The summed E-state index contributed by atoms with van der Waals surface area (Å²) in [6, 6.07) is 6.25. The van der Waals surface area contributed by atoms with Gasteiger partial charge in [0.2, 0.25) is 0 Å². The maximum absolute atomic E-state index is 12.4. The van der Waals surface area contributed by atoms with Crippen LogP contribution in [-0.2, 0) is 4.79 Å². The lowest BCUT2D eigenvalue weighted by atomic mass is 10.2. The van der Waals surface area contributed by atoms with Crippen LogP contribution in [-0.4, -0.2) is 27.2 Å². The van der Waals surface area contributed by atoms with Crippen molar-refractivity contribution in [2.45, 2.75) is 26.8 Å². The first kappa shape index (κ1) is 17.9.